The molecule has 0 amide bonds. The lowest BCUT2D eigenvalue weighted by atomic mass is 10.1. The molecule has 17 heavy (non-hydrogen) atoms. The van der Waals surface area contributed by atoms with E-state index < -0.39 is 12.1 Å². The normalized spacial score (nSPS) is 12.1. The van der Waals surface area contributed by atoms with Crippen LogP contribution in [0.3, 0.4) is 0 Å². The van der Waals surface area contributed by atoms with Gasteiger partial charge in [-0.1, -0.05) is 31.5 Å². The van der Waals surface area contributed by atoms with Crippen molar-refractivity contribution < 1.29 is 19.7 Å². The molecule has 2 N–H and O–H groups in total. The van der Waals surface area contributed by atoms with Crippen LogP contribution in [-0.4, -0.2) is 22.3 Å². The van der Waals surface area contributed by atoms with E-state index in [1.807, 2.05) is 6.92 Å². The van der Waals surface area contributed by atoms with Crippen molar-refractivity contribution in [1.82, 2.24) is 0 Å². The lowest BCUT2D eigenvalue weighted by molar-refractivity contribution is -0.145. The Kier molecular flexibility index (Phi) is 5.49. The Morgan fingerprint density at radius 1 is 1.41 bits per heavy atom. The summed E-state index contributed by atoms with van der Waals surface area (Å²) in [5.41, 5.74) is 0.607. The lowest BCUT2D eigenvalue weighted by Crippen LogP contribution is -2.27. The lowest BCUT2D eigenvalue weighted by Gasteiger charge is -2.16. The summed E-state index contributed by atoms with van der Waals surface area (Å²) >= 11 is 0. The molecule has 0 radical (unpaired) electrons. The predicted octanol–water partition coefficient (Wildman–Crippen LogP) is 2.20. The molecule has 0 heterocycles. The third-order valence-electron chi connectivity index (χ3n) is 2.51. The molecular formula is C13H18O4. The number of hydrogen-bond donors (Lipinski definition) is 2. The van der Waals surface area contributed by atoms with E-state index >= 15 is 0 Å². The minimum absolute atomic E-state index is 0.156. The number of hydrogen-bond acceptors (Lipinski definition) is 3. The molecular weight excluding hydrogens is 220 g/mol. The van der Waals surface area contributed by atoms with Crippen LogP contribution in [0.1, 0.15) is 31.7 Å². The van der Waals surface area contributed by atoms with Gasteiger partial charge >= 0.3 is 5.97 Å². The minimum atomic E-state index is -0.966. The fourth-order valence-corrected chi connectivity index (χ4v) is 1.53. The SMILES string of the molecule is CCCCC(Oc1ccccc1CO)C(=O)O. The van der Waals surface area contributed by atoms with Gasteiger partial charge in [-0.3, -0.25) is 0 Å². The fourth-order valence-electron chi connectivity index (χ4n) is 1.53. The molecule has 0 saturated heterocycles. The number of carboxylic acids is 1. The monoisotopic (exact) mass is 238 g/mol. The van der Waals surface area contributed by atoms with Gasteiger partial charge in [0.25, 0.3) is 0 Å². The smallest absolute Gasteiger partial charge is 0.344 e. The van der Waals surface area contributed by atoms with Crippen molar-refractivity contribution in [1.29, 1.82) is 0 Å². The molecule has 4 heteroatoms. The molecule has 94 valence electrons. The number of benzene rings is 1. The average molecular weight is 238 g/mol. The Morgan fingerprint density at radius 2 is 2.12 bits per heavy atom. The molecule has 0 fully saturated rings. The van der Waals surface area contributed by atoms with Crippen LogP contribution < -0.4 is 4.74 Å². The van der Waals surface area contributed by atoms with Crippen molar-refractivity contribution in [3.63, 3.8) is 0 Å². The molecule has 1 unspecified atom stereocenters. The van der Waals surface area contributed by atoms with Crippen molar-refractivity contribution in [2.75, 3.05) is 0 Å². The van der Waals surface area contributed by atoms with E-state index in [1.165, 1.54) is 0 Å². The Hall–Kier alpha value is -1.55. The van der Waals surface area contributed by atoms with Gasteiger partial charge in [0, 0.05) is 5.56 Å². The van der Waals surface area contributed by atoms with Gasteiger partial charge < -0.3 is 14.9 Å². The van der Waals surface area contributed by atoms with Crippen molar-refractivity contribution in [3.8, 4) is 5.75 Å². The first-order valence-corrected chi connectivity index (χ1v) is 5.77. The number of para-hydroxylation sites is 1. The first kappa shape index (κ1) is 13.5. The molecule has 0 bridgehead atoms. The van der Waals surface area contributed by atoms with Gasteiger partial charge in [-0.25, -0.2) is 4.79 Å². The Labute approximate surface area is 101 Å². The molecule has 1 atom stereocenters. The number of aliphatic hydroxyl groups is 1. The highest BCUT2D eigenvalue weighted by Gasteiger charge is 2.19. The molecule has 4 nitrogen and oxygen atoms in total. The third kappa shape index (κ3) is 4.07. The Balaban J connectivity index is 2.74. The largest absolute Gasteiger partial charge is 0.479 e. The highest BCUT2D eigenvalue weighted by molar-refractivity contribution is 5.72. The zero-order valence-electron chi connectivity index (χ0n) is 9.93. The van der Waals surface area contributed by atoms with Gasteiger partial charge in [0.2, 0.25) is 0 Å². The second kappa shape index (κ2) is 6.91. The summed E-state index contributed by atoms with van der Waals surface area (Å²) in [5.74, 6) is -0.523. The van der Waals surface area contributed by atoms with Crippen LogP contribution in [0.15, 0.2) is 24.3 Å². The molecule has 0 aromatic heterocycles. The van der Waals surface area contributed by atoms with E-state index in [0.29, 0.717) is 17.7 Å². The van der Waals surface area contributed by atoms with Crippen LogP contribution in [0, 0.1) is 0 Å². The van der Waals surface area contributed by atoms with E-state index in [2.05, 4.69) is 0 Å². The summed E-state index contributed by atoms with van der Waals surface area (Å²) in [6.07, 6.45) is 1.36. The van der Waals surface area contributed by atoms with Crippen LogP contribution in [0.2, 0.25) is 0 Å². The van der Waals surface area contributed by atoms with Gasteiger partial charge in [0.1, 0.15) is 5.75 Å². The number of carbonyl (C=O) groups is 1. The van der Waals surface area contributed by atoms with E-state index in [9.17, 15) is 4.79 Å². The quantitative estimate of drug-likeness (QED) is 0.764. The number of rotatable bonds is 7. The molecule has 0 aliphatic carbocycles. The molecule has 1 aromatic carbocycles. The van der Waals surface area contributed by atoms with Gasteiger partial charge in [-0.15, -0.1) is 0 Å². The van der Waals surface area contributed by atoms with Crippen molar-refractivity contribution in [2.24, 2.45) is 0 Å². The maximum Gasteiger partial charge on any atom is 0.344 e. The molecule has 1 rings (SSSR count). The number of aliphatic carboxylic acids is 1. The van der Waals surface area contributed by atoms with Gasteiger partial charge in [-0.05, 0) is 18.9 Å². The molecule has 0 saturated carbocycles. The number of aliphatic hydroxyl groups excluding tert-OH is 1. The minimum Gasteiger partial charge on any atom is -0.479 e. The third-order valence-corrected chi connectivity index (χ3v) is 2.51. The summed E-state index contributed by atoms with van der Waals surface area (Å²) in [6, 6.07) is 6.93. The van der Waals surface area contributed by atoms with Gasteiger partial charge in [-0.2, -0.15) is 0 Å². The van der Waals surface area contributed by atoms with Gasteiger partial charge in [0.05, 0.1) is 6.61 Å². The second-order valence-corrected chi connectivity index (χ2v) is 3.85. The van der Waals surface area contributed by atoms with E-state index in [-0.39, 0.29) is 6.61 Å². The average Bonchev–Trinajstić information content (AvgIpc) is 2.34. The number of unbranched alkanes of at least 4 members (excludes halogenated alkanes) is 1. The van der Waals surface area contributed by atoms with Crippen LogP contribution in [0.4, 0.5) is 0 Å². The zero-order valence-corrected chi connectivity index (χ0v) is 9.93. The first-order valence-electron chi connectivity index (χ1n) is 5.77. The summed E-state index contributed by atoms with van der Waals surface area (Å²) in [4.78, 5) is 11.0. The predicted molar refractivity (Wildman–Crippen MR) is 63.9 cm³/mol. The second-order valence-electron chi connectivity index (χ2n) is 3.85. The molecule has 0 spiro atoms. The van der Waals surface area contributed by atoms with E-state index in [0.717, 1.165) is 12.8 Å². The summed E-state index contributed by atoms with van der Waals surface area (Å²) in [7, 11) is 0. The maximum absolute atomic E-state index is 11.0. The van der Waals surface area contributed by atoms with E-state index in [1.54, 1.807) is 24.3 Å². The Morgan fingerprint density at radius 3 is 2.71 bits per heavy atom. The number of ether oxygens (including phenoxy) is 1. The zero-order chi connectivity index (χ0) is 12.7. The van der Waals surface area contributed by atoms with Crippen LogP contribution in [0.25, 0.3) is 0 Å². The fraction of sp³-hybridized carbons (Fsp3) is 0.462. The standard InChI is InChI=1S/C13H18O4/c1-2-3-7-12(13(15)16)17-11-8-5-4-6-10(11)9-14/h4-6,8,12,14H,2-3,7,9H2,1H3,(H,15,16). The summed E-state index contributed by atoms with van der Waals surface area (Å²) in [5, 5.41) is 18.2. The molecule has 0 aliphatic heterocycles. The van der Waals surface area contributed by atoms with Crippen LogP contribution >= 0.6 is 0 Å². The number of carboxylic acid groups (broad SMARTS) is 1. The van der Waals surface area contributed by atoms with Crippen LogP contribution in [-0.2, 0) is 11.4 Å². The van der Waals surface area contributed by atoms with E-state index in [4.69, 9.17) is 14.9 Å². The van der Waals surface area contributed by atoms with Gasteiger partial charge in [0.15, 0.2) is 6.10 Å². The van der Waals surface area contributed by atoms with Crippen molar-refractivity contribution >= 4 is 5.97 Å². The molecule has 1 aromatic rings. The highest BCUT2D eigenvalue weighted by Crippen LogP contribution is 2.20. The molecule has 0 aliphatic rings. The Bertz CT molecular complexity index is 362. The maximum atomic E-state index is 11.0. The summed E-state index contributed by atoms with van der Waals surface area (Å²) in [6.45, 7) is 1.84. The summed E-state index contributed by atoms with van der Waals surface area (Å²) < 4.78 is 5.44. The van der Waals surface area contributed by atoms with Crippen molar-refractivity contribution in [3.05, 3.63) is 29.8 Å². The van der Waals surface area contributed by atoms with Crippen molar-refractivity contribution in [2.45, 2.75) is 38.9 Å². The topological polar surface area (TPSA) is 66.8 Å². The first-order chi connectivity index (χ1) is 8.19. The highest BCUT2D eigenvalue weighted by atomic mass is 16.5. The van der Waals surface area contributed by atoms with Crippen LogP contribution in [0.5, 0.6) is 5.75 Å².